The molecule has 1 atom stereocenters. The molecule has 3 nitrogen and oxygen atoms in total. The molecule has 0 spiro atoms. The predicted octanol–water partition coefficient (Wildman–Crippen LogP) is 2.85. The van der Waals surface area contributed by atoms with E-state index in [-0.39, 0.29) is 0 Å². The van der Waals surface area contributed by atoms with E-state index >= 15 is 0 Å². The molecule has 2 heterocycles. The highest BCUT2D eigenvalue weighted by molar-refractivity contribution is 7.13. The van der Waals surface area contributed by atoms with Crippen LogP contribution >= 0.6 is 11.3 Å². The lowest BCUT2D eigenvalue weighted by atomic mass is 10.1. The maximum absolute atomic E-state index is 4.54. The fraction of sp³-hybridized carbons (Fsp3) is 0.769. The predicted molar refractivity (Wildman–Crippen MR) is 74.8 cm³/mol. The Morgan fingerprint density at radius 2 is 2.41 bits per heavy atom. The van der Waals surface area contributed by atoms with Crippen molar-refractivity contribution in [2.24, 2.45) is 5.92 Å². The average Bonchev–Trinajstić information content (AvgIpc) is 2.95. The molecular weight excluding hydrogens is 230 g/mol. The van der Waals surface area contributed by atoms with Crippen LogP contribution in [0.1, 0.15) is 32.9 Å². The minimum absolute atomic E-state index is 0.687. The second kappa shape index (κ2) is 5.83. The summed E-state index contributed by atoms with van der Waals surface area (Å²) in [6.07, 6.45) is 2.35. The number of nitrogens with one attached hydrogen (secondary N) is 1. The van der Waals surface area contributed by atoms with Gasteiger partial charge in [-0.25, -0.2) is 4.98 Å². The summed E-state index contributed by atoms with van der Waals surface area (Å²) in [6, 6.07) is 0.687. The van der Waals surface area contributed by atoms with Gasteiger partial charge in [0.25, 0.3) is 0 Å². The van der Waals surface area contributed by atoms with E-state index in [0.29, 0.717) is 6.04 Å². The second-order valence-corrected chi connectivity index (χ2v) is 5.98. The van der Waals surface area contributed by atoms with Crippen LogP contribution in [0.25, 0.3) is 0 Å². The van der Waals surface area contributed by atoms with Crippen LogP contribution in [-0.4, -0.2) is 35.6 Å². The quantitative estimate of drug-likeness (QED) is 0.874. The number of rotatable bonds is 5. The molecule has 17 heavy (non-hydrogen) atoms. The molecule has 96 valence electrons. The lowest BCUT2D eigenvalue weighted by Gasteiger charge is -2.20. The van der Waals surface area contributed by atoms with Gasteiger partial charge in [0, 0.05) is 24.5 Å². The summed E-state index contributed by atoms with van der Waals surface area (Å²) < 4.78 is 0. The molecule has 0 bridgehead atoms. The normalized spacial score (nSPS) is 21.3. The molecule has 0 aliphatic carbocycles. The number of hydrogen-bond acceptors (Lipinski definition) is 4. The molecule has 2 rings (SSSR count). The Kier molecular flexibility index (Phi) is 4.40. The molecule has 1 unspecified atom stereocenters. The second-order valence-electron chi connectivity index (χ2n) is 5.12. The molecule has 1 aliphatic heterocycles. The minimum atomic E-state index is 0.687. The summed E-state index contributed by atoms with van der Waals surface area (Å²) in [5, 5.41) is 6.72. The van der Waals surface area contributed by atoms with Gasteiger partial charge >= 0.3 is 0 Å². The maximum atomic E-state index is 4.54. The Labute approximate surface area is 108 Å². The van der Waals surface area contributed by atoms with E-state index in [0.717, 1.165) is 24.0 Å². The van der Waals surface area contributed by atoms with Crippen LogP contribution in [0, 0.1) is 5.92 Å². The van der Waals surface area contributed by atoms with Crippen LogP contribution in [-0.2, 0) is 6.42 Å². The molecule has 1 N–H and O–H groups in total. The van der Waals surface area contributed by atoms with Gasteiger partial charge in [-0.15, -0.1) is 11.3 Å². The van der Waals surface area contributed by atoms with Crippen molar-refractivity contribution in [3.05, 3.63) is 11.1 Å². The summed E-state index contributed by atoms with van der Waals surface area (Å²) in [5.74, 6) is 0.784. The van der Waals surface area contributed by atoms with Crippen LogP contribution in [0.5, 0.6) is 0 Å². The van der Waals surface area contributed by atoms with Gasteiger partial charge in [-0.3, -0.25) is 0 Å². The Bertz CT molecular complexity index is 348. The largest absolute Gasteiger partial charge is 0.361 e. The average molecular weight is 253 g/mol. The van der Waals surface area contributed by atoms with Gasteiger partial charge in [-0.05, 0) is 39.2 Å². The van der Waals surface area contributed by atoms with Crippen LogP contribution < -0.4 is 5.32 Å². The first-order valence-electron chi connectivity index (χ1n) is 6.61. The zero-order valence-corrected chi connectivity index (χ0v) is 11.9. The van der Waals surface area contributed by atoms with Crippen LogP contribution in [0.2, 0.25) is 0 Å². The lowest BCUT2D eigenvalue weighted by Crippen LogP contribution is -2.29. The first-order chi connectivity index (χ1) is 8.19. The Morgan fingerprint density at radius 1 is 1.59 bits per heavy atom. The van der Waals surface area contributed by atoms with Crippen molar-refractivity contribution in [3.63, 3.8) is 0 Å². The van der Waals surface area contributed by atoms with E-state index in [4.69, 9.17) is 0 Å². The summed E-state index contributed by atoms with van der Waals surface area (Å²) >= 11 is 1.73. The standard InChI is InChI=1S/C13H23N3S/c1-4-12-9-17-13(15-12)14-7-11-5-6-16(8-11)10(2)3/h9-11H,4-8H2,1-3H3,(H,14,15). The molecule has 0 saturated carbocycles. The highest BCUT2D eigenvalue weighted by Gasteiger charge is 2.23. The first kappa shape index (κ1) is 12.8. The molecule has 1 aliphatic rings. The van der Waals surface area contributed by atoms with Gasteiger partial charge in [-0.2, -0.15) is 0 Å². The van der Waals surface area contributed by atoms with Crippen molar-refractivity contribution < 1.29 is 0 Å². The van der Waals surface area contributed by atoms with Crippen LogP contribution in [0.4, 0.5) is 5.13 Å². The van der Waals surface area contributed by atoms with E-state index in [1.54, 1.807) is 11.3 Å². The lowest BCUT2D eigenvalue weighted by molar-refractivity contribution is 0.266. The van der Waals surface area contributed by atoms with E-state index in [9.17, 15) is 0 Å². The molecule has 1 fully saturated rings. The zero-order chi connectivity index (χ0) is 12.3. The number of nitrogens with zero attached hydrogens (tertiary/aromatic N) is 2. The molecular formula is C13H23N3S. The van der Waals surface area contributed by atoms with Gasteiger partial charge in [0.2, 0.25) is 0 Å². The first-order valence-corrected chi connectivity index (χ1v) is 7.49. The number of thiazole rings is 1. The van der Waals surface area contributed by atoms with Gasteiger partial charge < -0.3 is 10.2 Å². The molecule has 0 radical (unpaired) electrons. The third-order valence-corrected chi connectivity index (χ3v) is 4.35. The van der Waals surface area contributed by atoms with E-state index in [1.807, 2.05) is 0 Å². The van der Waals surface area contributed by atoms with E-state index in [1.165, 1.54) is 25.2 Å². The van der Waals surface area contributed by atoms with E-state index < -0.39 is 0 Å². The van der Waals surface area contributed by atoms with E-state index in [2.05, 4.69) is 41.4 Å². The summed E-state index contributed by atoms with van der Waals surface area (Å²) in [4.78, 5) is 7.10. The Morgan fingerprint density at radius 3 is 3.00 bits per heavy atom. The van der Waals surface area contributed by atoms with Gasteiger partial charge in [0.1, 0.15) is 0 Å². The number of anilines is 1. The SMILES string of the molecule is CCc1csc(NCC2CCN(C(C)C)C2)n1. The van der Waals surface area contributed by atoms with Crippen molar-refractivity contribution in [1.82, 2.24) is 9.88 Å². The number of hydrogen-bond donors (Lipinski definition) is 1. The summed E-state index contributed by atoms with van der Waals surface area (Å²) in [7, 11) is 0. The molecule has 4 heteroatoms. The smallest absolute Gasteiger partial charge is 0.182 e. The fourth-order valence-electron chi connectivity index (χ4n) is 2.28. The van der Waals surface area contributed by atoms with Crippen LogP contribution in [0.15, 0.2) is 5.38 Å². The minimum Gasteiger partial charge on any atom is -0.361 e. The van der Waals surface area contributed by atoms with Crippen molar-refractivity contribution in [2.45, 2.75) is 39.7 Å². The summed E-state index contributed by atoms with van der Waals surface area (Å²) in [5.41, 5.74) is 1.20. The van der Waals surface area contributed by atoms with Crippen molar-refractivity contribution in [2.75, 3.05) is 25.0 Å². The summed E-state index contributed by atoms with van der Waals surface area (Å²) in [6.45, 7) is 10.3. The fourth-order valence-corrected chi connectivity index (χ4v) is 3.08. The molecule has 1 aromatic heterocycles. The third-order valence-electron chi connectivity index (χ3n) is 3.50. The van der Waals surface area contributed by atoms with Crippen LogP contribution in [0.3, 0.4) is 0 Å². The molecule has 1 saturated heterocycles. The highest BCUT2D eigenvalue weighted by Crippen LogP contribution is 2.21. The molecule has 0 aromatic carbocycles. The van der Waals surface area contributed by atoms with Crippen molar-refractivity contribution in [3.8, 4) is 0 Å². The number of aromatic nitrogens is 1. The molecule has 0 amide bonds. The number of aryl methyl sites for hydroxylation is 1. The zero-order valence-electron chi connectivity index (χ0n) is 11.1. The maximum Gasteiger partial charge on any atom is 0.182 e. The monoisotopic (exact) mass is 253 g/mol. The van der Waals surface area contributed by atoms with Crippen molar-refractivity contribution in [1.29, 1.82) is 0 Å². The van der Waals surface area contributed by atoms with Gasteiger partial charge in [0.05, 0.1) is 5.69 Å². The highest BCUT2D eigenvalue weighted by atomic mass is 32.1. The number of likely N-dealkylation sites (tertiary alicyclic amines) is 1. The third kappa shape index (κ3) is 3.42. The Hall–Kier alpha value is -0.610. The topological polar surface area (TPSA) is 28.2 Å². The van der Waals surface area contributed by atoms with Gasteiger partial charge in [-0.1, -0.05) is 6.92 Å². The van der Waals surface area contributed by atoms with Gasteiger partial charge in [0.15, 0.2) is 5.13 Å². The molecule has 1 aromatic rings. The Balaban J connectivity index is 1.76. The van der Waals surface area contributed by atoms with Crippen molar-refractivity contribution >= 4 is 16.5 Å².